The van der Waals surface area contributed by atoms with Crippen LogP contribution in [0, 0.1) is 0 Å². The molecule has 0 aliphatic heterocycles. The maximum absolute atomic E-state index is 5.90. The van der Waals surface area contributed by atoms with E-state index in [2.05, 4.69) is 0 Å². The van der Waals surface area contributed by atoms with Crippen LogP contribution < -0.4 is 10.5 Å². The zero-order valence-electron chi connectivity index (χ0n) is 9.01. The molecule has 3 heteroatoms. The molecule has 2 N–H and O–H groups in total. The summed E-state index contributed by atoms with van der Waals surface area (Å²) in [5.74, 6) is 0.871. The van der Waals surface area contributed by atoms with E-state index in [4.69, 9.17) is 10.5 Å². The van der Waals surface area contributed by atoms with Crippen LogP contribution in [0.25, 0.3) is 0 Å². The van der Waals surface area contributed by atoms with Gasteiger partial charge in [0, 0.05) is 10.6 Å². The molecule has 0 fully saturated rings. The van der Waals surface area contributed by atoms with Crippen molar-refractivity contribution in [2.24, 2.45) is 0 Å². The molecule has 0 aromatic heterocycles. The van der Waals surface area contributed by atoms with Crippen molar-refractivity contribution in [1.29, 1.82) is 0 Å². The zero-order valence-corrected chi connectivity index (χ0v) is 9.83. The van der Waals surface area contributed by atoms with Crippen LogP contribution in [0.5, 0.6) is 5.75 Å². The Balaban J connectivity index is 2.30. The van der Waals surface area contributed by atoms with Crippen LogP contribution in [-0.2, 0) is 0 Å². The third-order valence-corrected chi connectivity index (χ3v) is 3.36. The van der Waals surface area contributed by atoms with Crippen molar-refractivity contribution in [1.82, 2.24) is 0 Å². The highest BCUT2D eigenvalue weighted by Crippen LogP contribution is 2.36. The van der Waals surface area contributed by atoms with Gasteiger partial charge in [-0.2, -0.15) is 0 Å². The second-order valence-electron chi connectivity index (χ2n) is 3.29. The molecule has 0 aliphatic rings. The minimum Gasteiger partial charge on any atom is -0.496 e. The van der Waals surface area contributed by atoms with E-state index in [1.165, 1.54) is 0 Å². The first-order chi connectivity index (χ1) is 7.81. The minimum absolute atomic E-state index is 0.790. The summed E-state index contributed by atoms with van der Waals surface area (Å²) in [7, 11) is 1.67. The van der Waals surface area contributed by atoms with Crippen molar-refractivity contribution in [2.45, 2.75) is 9.79 Å². The fourth-order valence-corrected chi connectivity index (χ4v) is 2.36. The molecule has 0 saturated carbocycles. The second kappa shape index (κ2) is 4.94. The van der Waals surface area contributed by atoms with Crippen LogP contribution in [0.15, 0.2) is 58.3 Å². The molecule has 2 rings (SSSR count). The van der Waals surface area contributed by atoms with Crippen LogP contribution in [0.3, 0.4) is 0 Å². The Hall–Kier alpha value is -1.61. The van der Waals surface area contributed by atoms with Crippen molar-refractivity contribution in [2.75, 3.05) is 12.8 Å². The summed E-state index contributed by atoms with van der Waals surface area (Å²) in [6.45, 7) is 0. The molecule has 0 unspecified atom stereocenters. The number of para-hydroxylation sites is 2. The molecule has 0 heterocycles. The molecule has 0 atom stereocenters. The van der Waals surface area contributed by atoms with Crippen LogP contribution in [0.4, 0.5) is 5.69 Å². The normalized spacial score (nSPS) is 10.1. The van der Waals surface area contributed by atoms with Crippen molar-refractivity contribution < 1.29 is 4.74 Å². The van der Waals surface area contributed by atoms with E-state index in [1.54, 1.807) is 18.9 Å². The molecule has 2 aromatic carbocycles. The molecule has 0 bridgehead atoms. The smallest absolute Gasteiger partial charge is 0.132 e. The Bertz CT molecular complexity index is 485. The number of benzene rings is 2. The largest absolute Gasteiger partial charge is 0.496 e. The number of nitrogens with two attached hydrogens (primary N) is 1. The third kappa shape index (κ3) is 2.31. The van der Waals surface area contributed by atoms with Gasteiger partial charge in [-0.25, -0.2) is 0 Å². The summed E-state index contributed by atoms with van der Waals surface area (Å²) in [6.07, 6.45) is 0. The Morgan fingerprint density at radius 1 is 0.938 bits per heavy atom. The molecule has 2 nitrogen and oxygen atoms in total. The van der Waals surface area contributed by atoms with E-state index in [-0.39, 0.29) is 0 Å². The maximum atomic E-state index is 5.90. The Labute approximate surface area is 99.4 Å². The van der Waals surface area contributed by atoms with Gasteiger partial charge < -0.3 is 10.5 Å². The molecule has 0 spiro atoms. The lowest BCUT2D eigenvalue weighted by Gasteiger charge is -2.08. The summed E-state index contributed by atoms with van der Waals surface area (Å²) in [6, 6.07) is 15.7. The number of ether oxygens (including phenoxy) is 1. The van der Waals surface area contributed by atoms with Gasteiger partial charge in [0.1, 0.15) is 5.75 Å². The molecule has 82 valence electrons. The number of nitrogen functional groups attached to an aromatic ring is 1. The van der Waals surface area contributed by atoms with Gasteiger partial charge in [-0.05, 0) is 24.3 Å². The van der Waals surface area contributed by atoms with Gasteiger partial charge in [0.05, 0.1) is 12.0 Å². The van der Waals surface area contributed by atoms with E-state index in [1.807, 2.05) is 48.5 Å². The summed E-state index contributed by atoms with van der Waals surface area (Å²) in [4.78, 5) is 2.12. The van der Waals surface area contributed by atoms with Crippen molar-refractivity contribution in [3.63, 3.8) is 0 Å². The highest BCUT2D eigenvalue weighted by Gasteiger charge is 2.05. The monoisotopic (exact) mass is 231 g/mol. The first-order valence-corrected chi connectivity index (χ1v) is 5.78. The molecule has 2 aromatic rings. The van der Waals surface area contributed by atoms with Gasteiger partial charge in [0.15, 0.2) is 0 Å². The van der Waals surface area contributed by atoms with E-state index in [0.717, 1.165) is 21.2 Å². The van der Waals surface area contributed by atoms with Crippen LogP contribution >= 0.6 is 11.8 Å². The Morgan fingerprint density at radius 2 is 1.56 bits per heavy atom. The number of anilines is 1. The summed E-state index contributed by atoms with van der Waals surface area (Å²) in [5.41, 5.74) is 6.69. The predicted molar refractivity (Wildman–Crippen MR) is 68.0 cm³/mol. The van der Waals surface area contributed by atoms with Gasteiger partial charge in [0.2, 0.25) is 0 Å². The summed E-state index contributed by atoms with van der Waals surface area (Å²) >= 11 is 1.62. The quantitative estimate of drug-likeness (QED) is 0.822. The van der Waals surface area contributed by atoms with E-state index in [0.29, 0.717) is 0 Å². The first-order valence-electron chi connectivity index (χ1n) is 4.96. The molecule has 0 aliphatic carbocycles. The standard InChI is InChI=1S/C13H13NOS/c1-15-11-7-3-5-9-13(11)16-12-8-4-2-6-10(12)14/h2-9H,14H2,1H3. The van der Waals surface area contributed by atoms with Gasteiger partial charge >= 0.3 is 0 Å². The van der Waals surface area contributed by atoms with Crippen molar-refractivity contribution in [3.05, 3.63) is 48.5 Å². The van der Waals surface area contributed by atoms with Crippen molar-refractivity contribution >= 4 is 17.4 Å². The Kier molecular flexibility index (Phi) is 3.37. The molecular weight excluding hydrogens is 218 g/mol. The van der Waals surface area contributed by atoms with Gasteiger partial charge in [-0.1, -0.05) is 36.0 Å². The maximum Gasteiger partial charge on any atom is 0.132 e. The lowest BCUT2D eigenvalue weighted by molar-refractivity contribution is 0.405. The fourth-order valence-electron chi connectivity index (χ4n) is 1.40. The average molecular weight is 231 g/mol. The van der Waals surface area contributed by atoms with Crippen LogP contribution in [0.1, 0.15) is 0 Å². The number of hydrogen-bond acceptors (Lipinski definition) is 3. The third-order valence-electron chi connectivity index (χ3n) is 2.21. The average Bonchev–Trinajstić information content (AvgIpc) is 2.33. The highest BCUT2D eigenvalue weighted by atomic mass is 32.2. The Morgan fingerprint density at radius 3 is 2.25 bits per heavy atom. The predicted octanol–water partition coefficient (Wildman–Crippen LogP) is 3.43. The van der Waals surface area contributed by atoms with E-state index in [9.17, 15) is 0 Å². The summed E-state index contributed by atoms with van der Waals surface area (Å²) in [5, 5.41) is 0. The SMILES string of the molecule is COc1ccccc1Sc1ccccc1N. The number of methoxy groups -OCH3 is 1. The summed E-state index contributed by atoms with van der Waals surface area (Å²) < 4.78 is 5.30. The first kappa shape index (κ1) is 10.9. The lowest BCUT2D eigenvalue weighted by Crippen LogP contribution is -1.89. The minimum atomic E-state index is 0.790. The van der Waals surface area contributed by atoms with Crippen molar-refractivity contribution in [3.8, 4) is 5.75 Å². The zero-order chi connectivity index (χ0) is 11.4. The van der Waals surface area contributed by atoms with Gasteiger partial charge in [-0.3, -0.25) is 0 Å². The molecule has 0 saturated heterocycles. The fraction of sp³-hybridized carbons (Fsp3) is 0.0769. The topological polar surface area (TPSA) is 35.2 Å². The lowest BCUT2D eigenvalue weighted by atomic mass is 10.3. The number of hydrogen-bond donors (Lipinski definition) is 1. The van der Waals surface area contributed by atoms with E-state index >= 15 is 0 Å². The molecule has 16 heavy (non-hydrogen) atoms. The van der Waals surface area contributed by atoms with Gasteiger partial charge in [-0.15, -0.1) is 0 Å². The van der Waals surface area contributed by atoms with Gasteiger partial charge in [0.25, 0.3) is 0 Å². The van der Waals surface area contributed by atoms with E-state index < -0.39 is 0 Å². The molecular formula is C13H13NOS. The molecule has 0 amide bonds. The van der Waals surface area contributed by atoms with Crippen LogP contribution in [0.2, 0.25) is 0 Å². The van der Waals surface area contributed by atoms with Crippen LogP contribution in [-0.4, -0.2) is 7.11 Å². The second-order valence-corrected chi connectivity index (χ2v) is 4.37. The highest BCUT2D eigenvalue weighted by molar-refractivity contribution is 7.99. The number of rotatable bonds is 3. The molecule has 0 radical (unpaired) electrons.